The Hall–Kier alpha value is -3.23. The summed E-state index contributed by atoms with van der Waals surface area (Å²) in [6.07, 6.45) is 5.23. The third-order valence-electron chi connectivity index (χ3n) is 5.25. The molecule has 0 spiro atoms. The summed E-state index contributed by atoms with van der Waals surface area (Å²) in [5.74, 6) is -0.699. The topological polar surface area (TPSA) is 125 Å². The summed E-state index contributed by atoms with van der Waals surface area (Å²) >= 11 is 0. The minimum atomic E-state index is -0.563. The average Bonchev–Trinajstić information content (AvgIpc) is 3.25. The number of hydrogen-bond donors (Lipinski definition) is 2. The van der Waals surface area contributed by atoms with Crippen molar-refractivity contribution in [1.82, 2.24) is 25.2 Å². The number of hydrogen-bond acceptors (Lipinski definition) is 5. The highest BCUT2D eigenvalue weighted by molar-refractivity contribution is 5.99. The molecule has 1 aromatic heterocycles. The molecule has 29 heavy (non-hydrogen) atoms. The zero-order valence-electron chi connectivity index (χ0n) is 16.5. The van der Waals surface area contributed by atoms with Gasteiger partial charge in [-0.05, 0) is 37.5 Å². The Labute approximate surface area is 169 Å². The van der Waals surface area contributed by atoms with Gasteiger partial charge in [-0.15, -0.1) is 0 Å². The second kappa shape index (κ2) is 9.31. The number of benzene rings is 1. The molecule has 1 saturated heterocycles. The third-order valence-corrected chi connectivity index (χ3v) is 5.25. The van der Waals surface area contributed by atoms with Crippen LogP contribution in [0, 0.1) is 0 Å². The van der Waals surface area contributed by atoms with Crippen LogP contribution in [-0.4, -0.2) is 69.1 Å². The van der Waals surface area contributed by atoms with Gasteiger partial charge in [0.2, 0.25) is 11.8 Å². The number of primary amides is 1. The summed E-state index contributed by atoms with van der Waals surface area (Å²) in [6, 6.07) is 6.41. The van der Waals surface area contributed by atoms with Gasteiger partial charge in [0.25, 0.3) is 5.91 Å². The normalized spacial score (nSPS) is 16.4. The molecular formula is C20H26N6O3. The maximum absolute atomic E-state index is 13.1. The van der Waals surface area contributed by atoms with E-state index in [1.807, 2.05) is 4.90 Å². The second-order valence-corrected chi connectivity index (χ2v) is 7.33. The van der Waals surface area contributed by atoms with Crippen LogP contribution in [-0.2, 0) is 11.2 Å². The standard InChI is InChI=1S/C20H26N6O3/c1-25(18(27)9-8-16-12-22-24-23-16)13-17-7-2-3-10-26(17)20(29)15-6-4-5-14(11-15)19(21)28/h4-6,11-12,17H,2-3,7-10,13H2,1H3,(H2,21,28)(H,22,23,24)/t17-/m0/s1. The monoisotopic (exact) mass is 398 g/mol. The van der Waals surface area contributed by atoms with Crippen molar-refractivity contribution >= 4 is 17.7 Å². The number of aryl methyl sites for hydroxylation is 1. The maximum Gasteiger partial charge on any atom is 0.254 e. The van der Waals surface area contributed by atoms with Crippen molar-refractivity contribution in [2.24, 2.45) is 5.73 Å². The van der Waals surface area contributed by atoms with Gasteiger partial charge in [-0.1, -0.05) is 6.07 Å². The first-order valence-electron chi connectivity index (χ1n) is 9.75. The number of H-pyrrole nitrogens is 1. The van der Waals surface area contributed by atoms with Crippen LogP contribution in [0.4, 0.5) is 0 Å². The van der Waals surface area contributed by atoms with Gasteiger partial charge in [0.05, 0.1) is 11.9 Å². The predicted molar refractivity (Wildman–Crippen MR) is 106 cm³/mol. The number of amides is 3. The zero-order valence-corrected chi connectivity index (χ0v) is 16.5. The molecule has 0 bridgehead atoms. The lowest BCUT2D eigenvalue weighted by atomic mass is 9.99. The van der Waals surface area contributed by atoms with Gasteiger partial charge in [0.1, 0.15) is 0 Å². The molecule has 1 aliphatic rings. The lowest BCUT2D eigenvalue weighted by molar-refractivity contribution is -0.130. The zero-order chi connectivity index (χ0) is 20.8. The van der Waals surface area contributed by atoms with Crippen molar-refractivity contribution in [2.75, 3.05) is 20.1 Å². The molecule has 0 unspecified atom stereocenters. The Bertz CT molecular complexity index is 867. The first-order chi connectivity index (χ1) is 14.0. The van der Waals surface area contributed by atoms with Gasteiger partial charge in [-0.2, -0.15) is 15.4 Å². The highest BCUT2D eigenvalue weighted by atomic mass is 16.2. The van der Waals surface area contributed by atoms with Crippen molar-refractivity contribution in [3.63, 3.8) is 0 Å². The molecule has 1 aliphatic heterocycles. The summed E-state index contributed by atoms with van der Waals surface area (Å²) in [4.78, 5) is 40.5. The number of nitrogens with one attached hydrogen (secondary N) is 1. The Kier molecular flexibility index (Phi) is 6.58. The second-order valence-electron chi connectivity index (χ2n) is 7.33. The van der Waals surface area contributed by atoms with Crippen LogP contribution in [0.15, 0.2) is 30.5 Å². The van der Waals surface area contributed by atoms with E-state index in [4.69, 9.17) is 5.73 Å². The van der Waals surface area contributed by atoms with Crippen LogP contribution in [0.1, 0.15) is 52.1 Å². The van der Waals surface area contributed by atoms with Gasteiger partial charge < -0.3 is 15.5 Å². The molecule has 2 heterocycles. The first-order valence-corrected chi connectivity index (χ1v) is 9.75. The number of nitrogens with zero attached hydrogens (tertiary/aromatic N) is 4. The molecule has 0 saturated carbocycles. The Morgan fingerprint density at radius 1 is 1.28 bits per heavy atom. The van der Waals surface area contributed by atoms with Crippen LogP contribution in [0.5, 0.6) is 0 Å². The Balaban J connectivity index is 1.64. The summed E-state index contributed by atoms with van der Waals surface area (Å²) < 4.78 is 0. The maximum atomic E-state index is 13.1. The number of likely N-dealkylation sites (tertiary alicyclic amines) is 1. The largest absolute Gasteiger partial charge is 0.366 e. The number of aromatic nitrogens is 3. The smallest absolute Gasteiger partial charge is 0.254 e. The fourth-order valence-corrected chi connectivity index (χ4v) is 3.62. The molecule has 154 valence electrons. The van der Waals surface area contributed by atoms with E-state index in [1.165, 1.54) is 6.07 Å². The van der Waals surface area contributed by atoms with E-state index < -0.39 is 5.91 Å². The summed E-state index contributed by atoms with van der Waals surface area (Å²) in [7, 11) is 1.76. The van der Waals surface area contributed by atoms with Gasteiger partial charge in [-0.25, -0.2) is 0 Å². The molecule has 3 amide bonds. The number of carbonyl (C=O) groups excluding carboxylic acids is 3. The number of aromatic amines is 1. The first kappa shape index (κ1) is 20.5. The highest BCUT2D eigenvalue weighted by Gasteiger charge is 2.29. The number of carbonyl (C=O) groups is 3. The SMILES string of the molecule is CN(C[C@@H]1CCCCN1C(=O)c1cccc(C(N)=O)c1)C(=O)CCc1cn[nH]n1. The predicted octanol–water partition coefficient (Wildman–Crippen LogP) is 0.990. The van der Waals surface area contributed by atoms with E-state index in [9.17, 15) is 14.4 Å². The number of nitrogens with two attached hydrogens (primary N) is 1. The van der Waals surface area contributed by atoms with Crippen molar-refractivity contribution < 1.29 is 14.4 Å². The molecule has 1 fully saturated rings. The van der Waals surface area contributed by atoms with Gasteiger partial charge >= 0.3 is 0 Å². The minimum Gasteiger partial charge on any atom is -0.366 e. The van der Waals surface area contributed by atoms with Crippen molar-refractivity contribution in [3.8, 4) is 0 Å². The van der Waals surface area contributed by atoms with E-state index >= 15 is 0 Å². The summed E-state index contributed by atoms with van der Waals surface area (Å²) in [5.41, 5.74) is 6.83. The third kappa shape index (κ3) is 5.18. The molecule has 9 nitrogen and oxygen atoms in total. The van der Waals surface area contributed by atoms with Gasteiger partial charge in [0.15, 0.2) is 0 Å². The van der Waals surface area contributed by atoms with Crippen molar-refractivity contribution in [1.29, 1.82) is 0 Å². The number of piperidine rings is 1. The quantitative estimate of drug-likeness (QED) is 0.719. The van der Waals surface area contributed by atoms with E-state index in [1.54, 1.807) is 36.3 Å². The molecule has 1 atom stereocenters. The minimum absolute atomic E-state index is 0.00157. The van der Waals surface area contributed by atoms with Crippen LogP contribution < -0.4 is 5.73 Å². The van der Waals surface area contributed by atoms with E-state index in [0.717, 1.165) is 25.0 Å². The molecular weight excluding hydrogens is 372 g/mol. The van der Waals surface area contributed by atoms with E-state index in [-0.39, 0.29) is 17.9 Å². The molecule has 0 aliphatic carbocycles. The Morgan fingerprint density at radius 3 is 2.79 bits per heavy atom. The molecule has 2 aromatic rings. The van der Waals surface area contributed by atoms with Crippen LogP contribution in [0.2, 0.25) is 0 Å². The van der Waals surface area contributed by atoms with Gasteiger partial charge in [0, 0.05) is 50.1 Å². The summed E-state index contributed by atoms with van der Waals surface area (Å²) in [5, 5.41) is 10.2. The van der Waals surface area contributed by atoms with E-state index in [2.05, 4.69) is 15.4 Å². The fraction of sp³-hybridized carbons (Fsp3) is 0.450. The summed E-state index contributed by atoms with van der Waals surface area (Å²) in [6.45, 7) is 1.10. The van der Waals surface area contributed by atoms with Crippen molar-refractivity contribution in [2.45, 2.75) is 38.1 Å². The average molecular weight is 398 g/mol. The fourth-order valence-electron chi connectivity index (χ4n) is 3.62. The number of rotatable bonds is 7. The molecule has 3 rings (SSSR count). The number of likely N-dealkylation sites (N-methyl/N-ethyl adjacent to an activating group) is 1. The van der Waals surface area contributed by atoms with E-state index in [0.29, 0.717) is 37.1 Å². The Morgan fingerprint density at radius 2 is 2.07 bits per heavy atom. The van der Waals surface area contributed by atoms with Crippen LogP contribution in [0.3, 0.4) is 0 Å². The van der Waals surface area contributed by atoms with Crippen LogP contribution >= 0.6 is 0 Å². The highest BCUT2D eigenvalue weighted by Crippen LogP contribution is 2.21. The van der Waals surface area contributed by atoms with Crippen molar-refractivity contribution in [3.05, 3.63) is 47.3 Å². The molecule has 0 radical (unpaired) electrons. The molecule has 3 N–H and O–H groups in total. The van der Waals surface area contributed by atoms with Crippen LogP contribution in [0.25, 0.3) is 0 Å². The van der Waals surface area contributed by atoms with Gasteiger partial charge in [-0.3, -0.25) is 14.4 Å². The molecule has 1 aromatic carbocycles. The lowest BCUT2D eigenvalue weighted by Crippen LogP contribution is -2.49. The molecule has 9 heteroatoms. The lowest BCUT2D eigenvalue weighted by Gasteiger charge is -2.38.